The second-order valence-corrected chi connectivity index (χ2v) is 6.24. The monoisotopic (exact) mass is 418 g/mol. The quantitative estimate of drug-likeness (QED) is 0.602. The van der Waals surface area contributed by atoms with Crippen molar-refractivity contribution in [3.05, 3.63) is 57.4 Å². The minimum absolute atomic E-state index is 0.0154. The van der Waals surface area contributed by atoms with Crippen molar-refractivity contribution < 1.29 is 23.6 Å². The number of ether oxygens (including phenoxy) is 1. The average Bonchev–Trinajstić information content (AvgIpc) is 2.74. The van der Waals surface area contributed by atoms with Crippen LogP contribution in [0.3, 0.4) is 0 Å². The minimum atomic E-state index is -0.668. The molecule has 0 saturated carbocycles. The summed E-state index contributed by atoms with van der Waals surface area (Å²) < 4.78 is 19.6. The van der Waals surface area contributed by atoms with Gasteiger partial charge in [0.25, 0.3) is 17.5 Å². The van der Waals surface area contributed by atoms with E-state index in [1.165, 1.54) is 42.1 Å². The van der Waals surface area contributed by atoms with Crippen molar-refractivity contribution in [3.63, 3.8) is 0 Å². The summed E-state index contributed by atoms with van der Waals surface area (Å²) in [6.45, 7) is 3.81. The molecule has 0 aliphatic carbocycles. The van der Waals surface area contributed by atoms with E-state index in [1.54, 1.807) is 7.05 Å². The smallest absolute Gasteiger partial charge is 0.282 e. The molecule has 2 aromatic carbocycles. The second kappa shape index (κ2) is 9.21. The highest BCUT2D eigenvalue weighted by molar-refractivity contribution is 6.10. The molecule has 0 fully saturated rings. The van der Waals surface area contributed by atoms with Gasteiger partial charge < -0.3 is 15.0 Å². The molecule has 1 aliphatic rings. The minimum Gasteiger partial charge on any atom is -0.472 e. The van der Waals surface area contributed by atoms with E-state index in [0.29, 0.717) is 0 Å². The first-order valence-electron chi connectivity index (χ1n) is 9.20. The number of benzene rings is 2. The van der Waals surface area contributed by atoms with E-state index in [2.05, 4.69) is 5.32 Å². The van der Waals surface area contributed by atoms with Crippen molar-refractivity contribution in [2.24, 2.45) is 0 Å². The molecule has 1 N–H and O–H groups in total. The zero-order valence-corrected chi connectivity index (χ0v) is 17.4. The Labute approximate surface area is 173 Å². The van der Waals surface area contributed by atoms with E-state index in [9.17, 15) is 24.1 Å². The molecule has 1 aliphatic heterocycles. The number of carbonyl (C=O) groups is 2. The number of nitro groups is 1. The molecule has 9 nitrogen and oxygen atoms in total. The van der Waals surface area contributed by atoms with Crippen LogP contribution < -0.4 is 15.0 Å². The maximum Gasteiger partial charge on any atom is 0.282 e. The van der Waals surface area contributed by atoms with E-state index in [1.807, 2.05) is 13.8 Å². The Hall–Kier alpha value is -3.69. The molecule has 10 heteroatoms. The van der Waals surface area contributed by atoms with Crippen LogP contribution in [-0.4, -0.2) is 49.5 Å². The number of halogens is 1. The summed E-state index contributed by atoms with van der Waals surface area (Å²) in [5.41, 5.74) is -0.110. The first kappa shape index (κ1) is 22.6. The lowest BCUT2D eigenvalue weighted by atomic mass is 10.1. The van der Waals surface area contributed by atoms with Gasteiger partial charge in [0, 0.05) is 39.0 Å². The Morgan fingerprint density at radius 1 is 1.27 bits per heavy atom. The zero-order chi connectivity index (χ0) is 22.6. The van der Waals surface area contributed by atoms with Crippen LogP contribution in [0.4, 0.5) is 21.5 Å². The third-order valence-corrected chi connectivity index (χ3v) is 4.29. The van der Waals surface area contributed by atoms with Gasteiger partial charge in [-0.1, -0.05) is 13.8 Å². The van der Waals surface area contributed by atoms with Crippen molar-refractivity contribution in [1.82, 2.24) is 4.90 Å². The van der Waals surface area contributed by atoms with Crippen LogP contribution >= 0.6 is 0 Å². The van der Waals surface area contributed by atoms with Gasteiger partial charge in [0.1, 0.15) is 17.1 Å². The van der Waals surface area contributed by atoms with Gasteiger partial charge >= 0.3 is 0 Å². The number of nitrogens with one attached hydrogen (secondary N) is 1. The van der Waals surface area contributed by atoms with Gasteiger partial charge in [-0.15, -0.1) is 0 Å². The summed E-state index contributed by atoms with van der Waals surface area (Å²) in [5, 5.41) is 13.9. The Balaban J connectivity index is 0.00000155. The molecule has 0 radical (unpaired) electrons. The van der Waals surface area contributed by atoms with Crippen LogP contribution in [0.25, 0.3) is 0 Å². The van der Waals surface area contributed by atoms with Crippen molar-refractivity contribution in [3.8, 4) is 5.75 Å². The lowest BCUT2D eigenvalue weighted by Crippen LogP contribution is -2.39. The topological polar surface area (TPSA) is 105 Å². The molecule has 0 aromatic heterocycles. The van der Waals surface area contributed by atoms with Crippen LogP contribution in [0.2, 0.25) is 0 Å². The van der Waals surface area contributed by atoms with Crippen molar-refractivity contribution in [2.45, 2.75) is 13.8 Å². The number of hydrogen-bond donors (Lipinski definition) is 1. The first-order valence-corrected chi connectivity index (χ1v) is 9.20. The van der Waals surface area contributed by atoms with E-state index >= 15 is 0 Å². The highest BCUT2D eigenvalue weighted by Crippen LogP contribution is 2.34. The fourth-order valence-electron chi connectivity index (χ4n) is 2.82. The largest absolute Gasteiger partial charge is 0.472 e. The lowest BCUT2D eigenvalue weighted by molar-refractivity contribution is -0.385. The lowest BCUT2D eigenvalue weighted by Gasteiger charge is -2.29. The fraction of sp³-hybridized carbons (Fsp3) is 0.300. The van der Waals surface area contributed by atoms with E-state index in [0.717, 1.165) is 12.1 Å². The summed E-state index contributed by atoms with van der Waals surface area (Å²) in [6.07, 6.45) is 0. The van der Waals surface area contributed by atoms with Gasteiger partial charge in [-0.05, 0) is 18.2 Å². The third-order valence-electron chi connectivity index (χ3n) is 4.29. The average molecular weight is 418 g/mol. The molecule has 0 unspecified atom stereocenters. The second-order valence-electron chi connectivity index (χ2n) is 6.24. The number of amides is 2. The van der Waals surface area contributed by atoms with Gasteiger partial charge in [-0.2, -0.15) is 0 Å². The molecule has 0 saturated heterocycles. The Kier molecular flexibility index (Phi) is 6.93. The number of rotatable bonds is 4. The summed E-state index contributed by atoms with van der Waals surface area (Å²) >= 11 is 0. The number of nitrogens with zero attached hydrogens (tertiary/aromatic N) is 3. The SMILES string of the molecule is CC.CNc1cc2c(cc1F)C(=O)N(c1ccc([N+](=O)[O-])c(C(=O)N(C)C)c1)CO2. The van der Waals surface area contributed by atoms with Gasteiger partial charge in [-0.25, -0.2) is 4.39 Å². The number of hydrogen-bond acceptors (Lipinski definition) is 6. The number of nitro benzene ring substituents is 1. The first-order chi connectivity index (χ1) is 14.2. The van der Waals surface area contributed by atoms with E-state index in [-0.39, 0.29) is 40.7 Å². The van der Waals surface area contributed by atoms with Crippen LogP contribution in [0.1, 0.15) is 34.6 Å². The molecule has 160 valence electrons. The molecule has 0 atom stereocenters. The zero-order valence-electron chi connectivity index (χ0n) is 17.4. The van der Waals surface area contributed by atoms with Gasteiger partial charge in [0.05, 0.1) is 16.2 Å². The number of anilines is 2. The van der Waals surface area contributed by atoms with Crippen LogP contribution in [-0.2, 0) is 0 Å². The molecule has 0 bridgehead atoms. The Morgan fingerprint density at radius 3 is 2.50 bits per heavy atom. The predicted octanol–water partition coefficient (Wildman–Crippen LogP) is 3.50. The highest BCUT2D eigenvalue weighted by atomic mass is 19.1. The molecule has 1 heterocycles. The van der Waals surface area contributed by atoms with Gasteiger partial charge in [-0.3, -0.25) is 24.6 Å². The Morgan fingerprint density at radius 2 is 1.93 bits per heavy atom. The van der Waals surface area contributed by atoms with Crippen LogP contribution in [0.5, 0.6) is 5.75 Å². The maximum absolute atomic E-state index is 14.1. The standard InChI is InChI=1S/C18H17FN4O5.C2H6/c1-20-14-8-16-12(7-13(14)19)18(25)22(9-28-16)10-4-5-15(23(26)27)11(6-10)17(24)21(2)3;1-2/h4-8,20H,9H2,1-3H3;1-2H3. The maximum atomic E-state index is 14.1. The molecule has 3 rings (SSSR count). The number of carbonyl (C=O) groups excluding carboxylic acids is 2. The number of fused-ring (bicyclic) bond motifs is 1. The molecular formula is C20H23FN4O5. The van der Waals surface area contributed by atoms with Crippen LogP contribution in [0.15, 0.2) is 30.3 Å². The normalized spacial score (nSPS) is 12.2. The van der Waals surface area contributed by atoms with Crippen LogP contribution in [0, 0.1) is 15.9 Å². The van der Waals surface area contributed by atoms with Crippen molar-refractivity contribution in [1.29, 1.82) is 0 Å². The molecule has 30 heavy (non-hydrogen) atoms. The summed E-state index contributed by atoms with van der Waals surface area (Å²) in [5.74, 6) is -1.52. The molecule has 0 spiro atoms. The van der Waals surface area contributed by atoms with Gasteiger partial charge in [0.15, 0.2) is 6.73 Å². The van der Waals surface area contributed by atoms with Crippen molar-refractivity contribution >= 4 is 28.9 Å². The van der Waals surface area contributed by atoms with E-state index < -0.39 is 22.6 Å². The summed E-state index contributed by atoms with van der Waals surface area (Å²) in [6, 6.07) is 6.20. The molecular weight excluding hydrogens is 395 g/mol. The van der Waals surface area contributed by atoms with Crippen molar-refractivity contribution in [2.75, 3.05) is 38.1 Å². The molecule has 2 aromatic rings. The summed E-state index contributed by atoms with van der Waals surface area (Å²) in [4.78, 5) is 38.1. The molecule has 2 amide bonds. The Bertz CT molecular complexity index is 993. The highest BCUT2D eigenvalue weighted by Gasteiger charge is 2.30. The summed E-state index contributed by atoms with van der Waals surface area (Å²) in [7, 11) is 4.47. The van der Waals surface area contributed by atoms with Gasteiger partial charge in [0.2, 0.25) is 0 Å². The fourth-order valence-corrected chi connectivity index (χ4v) is 2.82. The third kappa shape index (κ3) is 4.17. The van der Waals surface area contributed by atoms with E-state index in [4.69, 9.17) is 4.74 Å². The predicted molar refractivity (Wildman–Crippen MR) is 111 cm³/mol.